The Morgan fingerprint density at radius 2 is 1.62 bits per heavy atom. The molecule has 5 nitrogen and oxygen atoms in total. The number of nitrogens with one attached hydrogen (secondary N) is 1. The van der Waals surface area contributed by atoms with Crippen molar-refractivity contribution in [3.8, 4) is 11.1 Å². The van der Waals surface area contributed by atoms with E-state index in [9.17, 15) is 14.7 Å². The van der Waals surface area contributed by atoms with Crippen molar-refractivity contribution in [2.45, 2.75) is 18.9 Å². The summed E-state index contributed by atoms with van der Waals surface area (Å²) in [4.78, 5) is 23.9. The molecule has 0 radical (unpaired) electrons. The van der Waals surface area contributed by atoms with Crippen molar-refractivity contribution < 1.29 is 19.4 Å². The SMILES string of the molecule is CCOCC(=O)N[C@H](C(=O)O)C1c2ccccc2-c2ccccc21. The molecule has 0 heterocycles. The van der Waals surface area contributed by atoms with Gasteiger partial charge in [-0.1, -0.05) is 48.5 Å². The number of ether oxygens (including phenoxy) is 1. The van der Waals surface area contributed by atoms with Gasteiger partial charge in [-0.25, -0.2) is 4.79 Å². The van der Waals surface area contributed by atoms with Gasteiger partial charge in [0.2, 0.25) is 5.91 Å². The third kappa shape index (κ3) is 2.90. The van der Waals surface area contributed by atoms with E-state index in [1.54, 1.807) is 6.92 Å². The second-order valence-corrected chi connectivity index (χ2v) is 5.67. The van der Waals surface area contributed by atoms with Gasteiger partial charge >= 0.3 is 5.97 Å². The first-order valence-electron chi connectivity index (χ1n) is 7.91. The van der Waals surface area contributed by atoms with Crippen LogP contribution >= 0.6 is 0 Å². The fraction of sp³-hybridized carbons (Fsp3) is 0.263. The Labute approximate surface area is 140 Å². The molecular formula is C19H19NO4. The van der Waals surface area contributed by atoms with Gasteiger partial charge in [0.15, 0.2) is 0 Å². The number of aliphatic carboxylic acids is 1. The first kappa shape index (κ1) is 16.2. The van der Waals surface area contributed by atoms with E-state index in [0.717, 1.165) is 22.3 Å². The number of hydrogen-bond acceptors (Lipinski definition) is 3. The lowest BCUT2D eigenvalue weighted by atomic mass is 9.89. The molecule has 1 amide bonds. The zero-order valence-electron chi connectivity index (χ0n) is 13.4. The van der Waals surface area contributed by atoms with Crippen LogP contribution in [0.5, 0.6) is 0 Å². The van der Waals surface area contributed by atoms with E-state index in [-0.39, 0.29) is 6.61 Å². The molecule has 0 saturated carbocycles. The van der Waals surface area contributed by atoms with Crippen molar-refractivity contribution in [3.05, 3.63) is 59.7 Å². The summed E-state index contributed by atoms with van der Waals surface area (Å²) in [5.74, 6) is -1.90. The van der Waals surface area contributed by atoms with Crippen LogP contribution in [-0.4, -0.2) is 36.2 Å². The van der Waals surface area contributed by atoms with Crippen molar-refractivity contribution in [1.29, 1.82) is 0 Å². The molecule has 1 atom stereocenters. The molecule has 2 N–H and O–H groups in total. The van der Waals surface area contributed by atoms with Crippen molar-refractivity contribution in [2.75, 3.05) is 13.2 Å². The monoisotopic (exact) mass is 325 g/mol. The Balaban J connectivity index is 1.99. The van der Waals surface area contributed by atoms with Crippen molar-refractivity contribution in [2.24, 2.45) is 0 Å². The zero-order chi connectivity index (χ0) is 17.1. The molecule has 0 aliphatic heterocycles. The van der Waals surface area contributed by atoms with Crippen LogP contribution in [0.3, 0.4) is 0 Å². The summed E-state index contributed by atoms with van der Waals surface area (Å²) < 4.78 is 5.07. The van der Waals surface area contributed by atoms with E-state index in [0.29, 0.717) is 6.61 Å². The topological polar surface area (TPSA) is 75.6 Å². The number of rotatable bonds is 6. The molecule has 0 aromatic heterocycles. The van der Waals surface area contributed by atoms with Gasteiger partial charge in [0.05, 0.1) is 0 Å². The summed E-state index contributed by atoms with van der Waals surface area (Å²) >= 11 is 0. The fourth-order valence-corrected chi connectivity index (χ4v) is 3.25. The minimum absolute atomic E-state index is 0.143. The molecule has 0 spiro atoms. The predicted molar refractivity (Wildman–Crippen MR) is 89.8 cm³/mol. The highest BCUT2D eigenvalue weighted by molar-refractivity contribution is 5.89. The van der Waals surface area contributed by atoms with E-state index in [2.05, 4.69) is 5.32 Å². The molecule has 1 aliphatic rings. The molecule has 2 aromatic rings. The number of carboxylic acids is 1. The maximum absolute atomic E-state index is 12.0. The smallest absolute Gasteiger partial charge is 0.327 e. The van der Waals surface area contributed by atoms with Gasteiger partial charge in [-0.05, 0) is 29.2 Å². The van der Waals surface area contributed by atoms with E-state index in [1.165, 1.54) is 0 Å². The van der Waals surface area contributed by atoms with Gasteiger partial charge in [0.25, 0.3) is 0 Å². The largest absolute Gasteiger partial charge is 0.480 e. The third-order valence-electron chi connectivity index (χ3n) is 4.24. The number of carbonyl (C=O) groups excluding carboxylic acids is 1. The predicted octanol–water partition coefficient (Wildman–Crippen LogP) is 2.40. The molecule has 2 aromatic carbocycles. The fourth-order valence-electron chi connectivity index (χ4n) is 3.25. The normalized spacial score (nSPS) is 13.9. The highest BCUT2D eigenvalue weighted by Crippen LogP contribution is 2.46. The summed E-state index contributed by atoms with van der Waals surface area (Å²) in [6.07, 6.45) is 0. The number of hydrogen-bond donors (Lipinski definition) is 2. The number of benzene rings is 2. The Kier molecular flexibility index (Phi) is 4.62. The van der Waals surface area contributed by atoms with Crippen LogP contribution in [-0.2, 0) is 14.3 Å². The Morgan fingerprint density at radius 3 is 2.12 bits per heavy atom. The highest BCUT2D eigenvalue weighted by atomic mass is 16.5. The molecule has 1 aliphatic carbocycles. The number of fused-ring (bicyclic) bond motifs is 3. The Morgan fingerprint density at radius 1 is 1.08 bits per heavy atom. The minimum atomic E-state index is -1.06. The van der Waals surface area contributed by atoms with Crippen molar-refractivity contribution in [1.82, 2.24) is 5.32 Å². The van der Waals surface area contributed by atoms with Gasteiger partial charge in [0, 0.05) is 12.5 Å². The molecule has 124 valence electrons. The van der Waals surface area contributed by atoms with Crippen molar-refractivity contribution >= 4 is 11.9 Å². The third-order valence-corrected chi connectivity index (χ3v) is 4.24. The Bertz CT molecular complexity index is 726. The quantitative estimate of drug-likeness (QED) is 0.855. The molecule has 0 bridgehead atoms. The first-order valence-corrected chi connectivity index (χ1v) is 7.91. The second-order valence-electron chi connectivity index (χ2n) is 5.67. The second kappa shape index (κ2) is 6.84. The van der Waals surface area contributed by atoms with E-state index < -0.39 is 23.8 Å². The van der Waals surface area contributed by atoms with Gasteiger partial charge in [-0.3, -0.25) is 4.79 Å². The van der Waals surface area contributed by atoms with Gasteiger partial charge in [0.1, 0.15) is 12.6 Å². The molecule has 0 saturated heterocycles. The molecule has 0 fully saturated rings. The number of carbonyl (C=O) groups is 2. The van der Waals surface area contributed by atoms with E-state index >= 15 is 0 Å². The maximum atomic E-state index is 12.0. The van der Waals surface area contributed by atoms with E-state index in [4.69, 9.17) is 4.74 Å². The lowest BCUT2D eigenvalue weighted by molar-refractivity contribution is -0.142. The highest BCUT2D eigenvalue weighted by Gasteiger charge is 2.38. The van der Waals surface area contributed by atoms with Gasteiger partial charge < -0.3 is 15.2 Å². The van der Waals surface area contributed by atoms with Crippen LogP contribution in [0, 0.1) is 0 Å². The number of amides is 1. The molecule has 3 rings (SSSR count). The summed E-state index contributed by atoms with van der Waals surface area (Å²) in [7, 11) is 0. The van der Waals surface area contributed by atoms with Crippen LogP contribution in [0.4, 0.5) is 0 Å². The maximum Gasteiger partial charge on any atom is 0.327 e. The van der Waals surface area contributed by atoms with Crippen LogP contribution in [0.2, 0.25) is 0 Å². The zero-order valence-corrected chi connectivity index (χ0v) is 13.4. The van der Waals surface area contributed by atoms with Gasteiger partial charge in [-0.15, -0.1) is 0 Å². The molecule has 5 heteroatoms. The van der Waals surface area contributed by atoms with E-state index in [1.807, 2.05) is 48.5 Å². The Hall–Kier alpha value is -2.66. The molecule has 24 heavy (non-hydrogen) atoms. The van der Waals surface area contributed by atoms with Crippen molar-refractivity contribution in [3.63, 3.8) is 0 Å². The standard InChI is InChI=1S/C19H19NO4/c1-2-24-11-16(21)20-18(19(22)23)17-14-9-5-3-7-12(14)13-8-4-6-10-15(13)17/h3-10,17-18H,2,11H2,1H3,(H,20,21)(H,22,23)/t18-/m0/s1. The summed E-state index contributed by atoms with van der Waals surface area (Å²) in [6, 6.07) is 14.4. The average molecular weight is 325 g/mol. The lowest BCUT2D eigenvalue weighted by Gasteiger charge is -2.23. The lowest BCUT2D eigenvalue weighted by Crippen LogP contribution is -2.46. The molecule has 0 unspecified atom stereocenters. The summed E-state index contributed by atoms with van der Waals surface area (Å²) in [6.45, 7) is 2.04. The first-order chi connectivity index (χ1) is 11.6. The summed E-state index contributed by atoms with van der Waals surface area (Å²) in [5.41, 5.74) is 3.87. The van der Waals surface area contributed by atoms with Crippen LogP contribution in [0.15, 0.2) is 48.5 Å². The average Bonchev–Trinajstić information content (AvgIpc) is 2.92. The minimum Gasteiger partial charge on any atom is -0.480 e. The van der Waals surface area contributed by atoms with Crippen LogP contribution in [0.25, 0.3) is 11.1 Å². The molecular weight excluding hydrogens is 306 g/mol. The van der Waals surface area contributed by atoms with Crippen LogP contribution < -0.4 is 5.32 Å². The van der Waals surface area contributed by atoms with Crippen LogP contribution in [0.1, 0.15) is 24.0 Å². The summed E-state index contributed by atoms with van der Waals surface area (Å²) in [5, 5.41) is 12.3. The van der Waals surface area contributed by atoms with Gasteiger partial charge in [-0.2, -0.15) is 0 Å². The number of carboxylic acid groups (broad SMARTS) is 1.